The topological polar surface area (TPSA) is 51.2 Å². The molecule has 6 heteroatoms. The van der Waals surface area contributed by atoms with Crippen LogP contribution in [0.4, 0.5) is 4.39 Å². The molecule has 0 saturated heterocycles. The molecule has 0 aliphatic rings. The minimum Gasteiger partial charge on any atom is -0.468 e. The molecule has 1 aromatic heterocycles. The summed E-state index contributed by atoms with van der Waals surface area (Å²) in [5.41, 5.74) is 1.72. The maximum Gasteiger partial charge on any atom is 0.322 e. The average molecular weight is 294 g/mol. The highest BCUT2D eigenvalue weighted by Gasteiger charge is 2.13. The fourth-order valence-electron chi connectivity index (χ4n) is 1.63. The van der Waals surface area contributed by atoms with E-state index in [0.29, 0.717) is 6.54 Å². The number of halogens is 1. The molecule has 1 atom stereocenters. The number of nitrogens with one attached hydrogen (secondary N) is 1. The fraction of sp³-hybridized carbons (Fsp3) is 0.286. The Morgan fingerprint density at radius 3 is 2.80 bits per heavy atom. The molecule has 20 heavy (non-hydrogen) atoms. The summed E-state index contributed by atoms with van der Waals surface area (Å²) in [6.07, 6.45) is 0. The van der Waals surface area contributed by atoms with Crippen molar-refractivity contribution in [2.75, 3.05) is 7.11 Å². The van der Waals surface area contributed by atoms with Crippen LogP contribution in [0.5, 0.6) is 0 Å². The number of aromatic nitrogens is 1. The first-order chi connectivity index (χ1) is 9.60. The molecule has 0 amide bonds. The number of benzene rings is 1. The number of ether oxygens (including phenoxy) is 1. The van der Waals surface area contributed by atoms with Crippen LogP contribution in [0.15, 0.2) is 29.6 Å². The van der Waals surface area contributed by atoms with Crippen molar-refractivity contribution in [2.24, 2.45) is 0 Å². The molecule has 2 rings (SSSR count). The Kier molecular flexibility index (Phi) is 4.81. The number of methoxy groups -OCH3 is 1. The van der Waals surface area contributed by atoms with Gasteiger partial charge >= 0.3 is 5.97 Å². The van der Waals surface area contributed by atoms with Gasteiger partial charge in [-0.25, -0.2) is 9.37 Å². The molecule has 1 N–H and O–H groups in total. The van der Waals surface area contributed by atoms with Crippen LogP contribution < -0.4 is 5.32 Å². The smallest absolute Gasteiger partial charge is 0.322 e. The van der Waals surface area contributed by atoms with Gasteiger partial charge in [-0.15, -0.1) is 11.3 Å². The number of nitrogens with zero attached hydrogens (tertiary/aromatic N) is 1. The monoisotopic (exact) mass is 294 g/mol. The number of carbonyl (C=O) groups is 1. The van der Waals surface area contributed by atoms with Crippen LogP contribution >= 0.6 is 11.3 Å². The molecule has 0 fully saturated rings. The van der Waals surface area contributed by atoms with E-state index in [9.17, 15) is 9.18 Å². The largest absolute Gasteiger partial charge is 0.468 e. The zero-order chi connectivity index (χ0) is 14.5. The normalized spacial score (nSPS) is 12.2. The summed E-state index contributed by atoms with van der Waals surface area (Å²) in [6, 6.07) is 5.84. The van der Waals surface area contributed by atoms with E-state index >= 15 is 0 Å². The molecule has 0 spiro atoms. The van der Waals surface area contributed by atoms with Crippen LogP contribution in [0, 0.1) is 5.82 Å². The molecule has 2 aromatic rings. The SMILES string of the molecule is COC(=O)C(C)NCc1csc(-c2ccc(F)cc2)n1. The highest BCUT2D eigenvalue weighted by atomic mass is 32.1. The lowest BCUT2D eigenvalue weighted by Crippen LogP contribution is -2.34. The maximum atomic E-state index is 12.9. The standard InChI is InChI=1S/C14H15FN2O2S/c1-9(14(18)19-2)16-7-12-8-20-13(17-12)10-3-5-11(15)6-4-10/h3-6,8-9,16H,7H2,1-2H3. The van der Waals surface area contributed by atoms with E-state index in [1.807, 2.05) is 5.38 Å². The summed E-state index contributed by atoms with van der Waals surface area (Å²) in [5, 5.41) is 5.77. The first kappa shape index (κ1) is 14.6. The number of carbonyl (C=O) groups excluding carboxylic acids is 1. The summed E-state index contributed by atoms with van der Waals surface area (Å²) < 4.78 is 17.5. The zero-order valence-corrected chi connectivity index (χ0v) is 12.0. The van der Waals surface area contributed by atoms with Crippen LogP contribution in [-0.2, 0) is 16.1 Å². The number of hydrogen-bond donors (Lipinski definition) is 1. The summed E-state index contributed by atoms with van der Waals surface area (Å²) in [4.78, 5) is 15.7. The van der Waals surface area contributed by atoms with Crippen molar-refractivity contribution in [1.82, 2.24) is 10.3 Å². The molecular weight excluding hydrogens is 279 g/mol. The minimum atomic E-state index is -0.379. The molecule has 0 radical (unpaired) electrons. The lowest BCUT2D eigenvalue weighted by atomic mass is 10.2. The molecule has 0 aliphatic carbocycles. The Morgan fingerprint density at radius 1 is 1.45 bits per heavy atom. The second kappa shape index (κ2) is 6.58. The molecule has 106 valence electrons. The van der Waals surface area contributed by atoms with E-state index < -0.39 is 0 Å². The summed E-state index contributed by atoms with van der Waals surface area (Å²) >= 11 is 1.48. The second-order valence-corrected chi connectivity index (χ2v) is 5.13. The Hall–Kier alpha value is -1.79. The highest BCUT2D eigenvalue weighted by Crippen LogP contribution is 2.23. The fourth-order valence-corrected chi connectivity index (χ4v) is 2.46. The second-order valence-electron chi connectivity index (χ2n) is 4.28. The summed E-state index contributed by atoms with van der Waals surface area (Å²) in [7, 11) is 1.36. The third-order valence-corrected chi connectivity index (χ3v) is 3.73. The van der Waals surface area contributed by atoms with Gasteiger partial charge in [0.05, 0.1) is 12.8 Å². The quantitative estimate of drug-likeness (QED) is 0.861. The van der Waals surface area contributed by atoms with Crippen LogP contribution in [0.2, 0.25) is 0 Å². The molecule has 4 nitrogen and oxygen atoms in total. The van der Waals surface area contributed by atoms with E-state index in [-0.39, 0.29) is 17.8 Å². The van der Waals surface area contributed by atoms with Gasteiger partial charge in [0.1, 0.15) is 16.9 Å². The van der Waals surface area contributed by atoms with Crippen LogP contribution in [-0.4, -0.2) is 24.1 Å². The molecule has 0 saturated carbocycles. The Morgan fingerprint density at radius 2 is 2.15 bits per heavy atom. The first-order valence-corrected chi connectivity index (χ1v) is 6.99. The van der Waals surface area contributed by atoms with Crippen molar-refractivity contribution in [3.05, 3.63) is 41.2 Å². The van der Waals surface area contributed by atoms with E-state index in [1.165, 1.54) is 30.6 Å². The lowest BCUT2D eigenvalue weighted by Gasteiger charge is -2.09. The molecule has 0 bridgehead atoms. The van der Waals surface area contributed by atoms with E-state index in [4.69, 9.17) is 0 Å². The number of hydrogen-bond acceptors (Lipinski definition) is 5. The molecule has 1 heterocycles. The Balaban J connectivity index is 1.99. The van der Waals surface area contributed by atoms with Gasteiger partial charge in [0.2, 0.25) is 0 Å². The maximum absolute atomic E-state index is 12.9. The van der Waals surface area contributed by atoms with Crippen molar-refractivity contribution in [3.8, 4) is 10.6 Å². The zero-order valence-electron chi connectivity index (χ0n) is 11.2. The predicted octanol–water partition coefficient (Wildman–Crippen LogP) is 2.60. The van der Waals surface area contributed by atoms with Crippen molar-refractivity contribution < 1.29 is 13.9 Å². The summed E-state index contributed by atoms with van der Waals surface area (Å²) in [6.45, 7) is 2.22. The predicted molar refractivity (Wildman–Crippen MR) is 75.8 cm³/mol. The lowest BCUT2D eigenvalue weighted by molar-refractivity contribution is -0.142. The number of thiazole rings is 1. The van der Waals surface area contributed by atoms with Crippen molar-refractivity contribution in [3.63, 3.8) is 0 Å². The van der Waals surface area contributed by atoms with Crippen molar-refractivity contribution in [2.45, 2.75) is 19.5 Å². The van der Waals surface area contributed by atoms with E-state index in [2.05, 4.69) is 15.0 Å². The minimum absolute atomic E-state index is 0.265. The van der Waals surface area contributed by atoms with Gasteiger partial charge in [-0.1, -0.05) is 0 Å². The van der Waals surface area contributed by atoms with Gasteiger partial charge in [0.25, 0.3) is 0 Å². The van der Waals surface area contributed by atoms with Gasteiger partial charge in [-0.2, -0.15) is 0 Å². The van der Waals surface area contributed by atoms with Crippen molar-refractivity contribution >= 4 is 17.3 Å². The van der Waals surface area contributed by atoms with Gasteiger partial charge in [-0.05, 0) is 31.2 Å². The van der Waals surface area contributed by atoms with Crippen LogP contribution in [0.25, 0.3) is 10.6 Å². The van der Waals surface area contributed by atoms with Gasteiger partial charge in [0, 0.05) is 17.5 Å². The van der Waals surface area contributed by atoms with Gasteiger partial charge < -0.3 is 4.74 Å². The molecule has 0 aliphatic heterocycles. The molecular formula is C14H15FN2O2S. The molecule has 1 aromatic carbocycles. The highest BCUT2D eigenvalue weighted by molar-refractivity contribution is 7.13. The Labute approximate surface area is 120 Å². The Bertz CT molecular complexity index is 583. The number of esters is 1. The first-order valence-electron chi connectivity index (χ1n) is 6.11. The van der Waals surface area contributed by atoms with Crippen molar-refractivity contribution in [1.29, 1.82) is 0 Å². The van der Waals surface area contributed by atoms with E-state index in [1.54, 1.807) is 19.1 Å². The third kappa shape index (κ3) is 3.61. The van der Waals surface area contributed by atoms with Gasteiger partial charge in [0.15, 0.2) is 0 Å². The molecule has 1 unspecified atom stereocenters. The number of rotatable bonds is 5. The summed E-state index contributed by atoms with van der Waals surface area (Å²) in [5.74, 6) is -0.571. The van der Waals surface area contributed by atoms with Crippen LogP contribution in [0.3, 0.4) is 0 Å². The van der Waals surface area contributed by atoms with E-state index in [0.717, 1.165) is 16.3 Å². The third-order valence-electron chi connectivity index (χ3n) is 2.79. The van der Waals surface area contributed by atoms with Crippen LogP contribution in [0.1, 0.15) is 12.6 Å². The van der Waals surface area contributed by atoms with Gasteiger partial charge in [-0.3, -0.25) is 10.1 Å². The average Bonchev–Trinajstić information content (AvgIpc) is 2.93.